The van der Waals surface area contributed by atoms with Crippen LogP contribution in [0, 0.1) is 11.7 Å². The number of halogens is 2. The lowest BCUT2D eigenvalue weighted by molar-refractivity contribution is -0.122. The van der Waals surface area contributed by atoms with Gasteiger partial charge in [-0.2, -0.15) is 0 Å². The van der Waals surface area contributed by atoms with Crippen LogP contribution in [-0.2, 0) is 17.6 Å². The van der Waals surface area contributed by atoms with Gasteiger partial charge in [0.15, 0.2) is 0 Å². The maximum atomic E-state index is 13.8. The van der Waals surface area contributed by atoms with Crippen molar-refractivity contribution in [1.29, 1.82) is 0 Å². The Balaban J connectivity index is 1.91. The molecule has 0 aliphatic heterocycles. The number of benzene rings is 2. The summed E-state index contributed by atoms with van der Waals surface area (Å²) in [6.07, 6.45) is 1.45. The third-order valence-electron chi connectivity index (χ3n) is 3.61. The van der Waals surface area contributed by atoms with Gasteiger partial charge in [-0.1, -0.05) is 61.0 Å². The SMILES string of the molecule is C[C@@H](Cc1ccccc1)C(=O)CCc1cccc(Cl)c1F. The van der Waals surface area contributed by atoms with Crippen molar-refractivity contribution in [3.8, 4) is 0 Å². The van der Waals surface area contributed by atoms with Gasteiger partial charge in [-0.25, -0.2) is 4.39 Å². The fourth-order valence-corrected chi connectivity index (χ4v) is 2.52. The Morgan fingerprint density at radius 2 is 1.86 bits per heavy atom. The third kappa shape index (κ3) is 4.40. The Morgan fingerprint density at radius 3 is 2.57 bits per heavy atom. The molecule has 2 aromatic rings. The first-order valence-electron chi connectivity index (χ1n) is 7.07. The second kappa shape index (κ2) is 7.37. The molecule has 0 unspecified atom stereocenters. The molecule has 2 aromatic carbocycles. The van der Waals surface area contributed by atoms with Crippen LogP contribution in [0.2, 0.25) is 5.02 Å². The first-order valence-corrected chi connectivity index (χ1v) is 7.45. The Kier molecular flexibility index (Phi) is 5.51. The number of hydrogen-bond acceptors (Lipinski definition) is 1. The Bertz CT molecular complexity index is 610. The maximum Gasteiger partial charge on any atom is 0.144 e. The lowest BCUT2D eigenvalue weighted by Gasteiger charge is -2.11. The highest BCUT2D eigenvalue weighted by Gasteiger charge is 2.15. The molecule has 1 nitrogen and oxygen atoms in total. The van der Waals surface area contributed by atoms with Crippen molar-refractivity contribution < 1.29 is 9.18 Å². The smallest absolute Gasteiger partial charge is 0.144 e. The van der Waals surface area contributed by atoms with Crippen LogP contribution in [0.4, 0.5) is 4.39 Å². The number of rotatable bonds is 6. The minimum Gasteiger partial charge on any atom is -0.299 e. The number of hydrogen-bond donors (Lipinski definition) is 0. The van der Waals surface area contributed by atoms with E-state index in [1.54, 1.807) is 12.1 Å². The van der Waals surface area contributed by atoms with Gasteiger partial charge in [0.05, 0.1) is 5.02 Å². The van der Waals surface area contributed by atoms with E-state index in [1.807, 2.05) is 37.3 Å². The van der Waals surface area contributed by atoms with Crippen LogP contribution < -0.4 is 0 Å². The van der Waals surface area contributed by atoms with Crippen molar-refractivity contribution in [2.45, 2.75) is 26.2 Å². The minimum atomic E-state index is -0.414. The highest BCUT2D eigenvalue weighted by Crippen LogP contribution is 2.20. The summed E-state index contributed by atoms with van der Waals surface area (Å²) in [5.41, 5.74) is 1.65. The highest BCUT2D eigenvalue weighted by molar-refractivity contribution is 6.30. The Hall–Kier alpha value is -1.67. The molecule has 0 spiro atoms. The highest BCUT2D eigenvalue weighted by atomic mass is 35.5. The maximum absolute atomic E-state index is 13.8. The largest absolute Gasteiger partial charge is 0.299 e. The van der Waals surface area contributed by atoms with Gasteiger partial charge in [-0.05, 0) is 30.0 Å². The molecule has 0 heterocycles. The second-order valence-electron chi connectivity index (χ2n) is 5.27. The fourth-order valence-electron chi connectivity index (χ4n) is 2.33. The van der Waals surface area contributed by atoms with Crippen molar-refractivity contribution in [2.75, 3.05) is 0 Å². The number of ketones is 1. The lowest BCUT2D eigenvalue weighted by atomic mass is 9.93. The number of Topliss-reactive ketones (excluding diaryl/α,β-unsaturated/α-hetero) is 1. The van der Waals surface area contributed by atoms with Crippen LogP contribution in [0.1, 0.15) is 24.5 Å². The summed E-state index contributed by atoms with van der Waals surface area (Å²) in [6.45, 7) is 1.92. The van der Waals surface area contributed by atoms with Gasteiger partial charge in [0.1, 0.15) is 11.6 Å². The summed E-state index contributed by atoms with van der Waals surface area (Å²) >= 11 is 5.74. The first-order chi connectivity index (χ1) is 10.1. The topological polar surface area (TPSA) is 17.1 Å². The minimum absolute atomic E-state index is 0.0605. The summed E-state index contributed by atoms with van der Waals surface area (Å²) in [7, 11) is 0. The molecular formula is C18H18ClFO. The van der Waals surface area contributed by atoms with E-state index in [0.29, 0.717) is 18.4 Å². The molecule has 0 saturated carbocycles. The summed E-state index contributed by atoms with van der Waals surface area (Å²) in [6, 6.07) is 14.8. The predicted octanol–water partition coefficient (Wildman–Crippen LogP) is 4.86. The molecule has 0 saturated heterocycles. The van der Waals surface area contributed by atoms with E-state index in [4.69, 9.17) is 11.6 Å². The molecule has 1 atom stereocenters. The molecule has 0 radical (unpaired) electrons. The van der Waals surface area contributed by atoms with Crippen molar-refractivity contribution >= 4 is 17.4 Å². The van der Waals surface area contributed by atoms with Crippen molar-refractivity contribution in [1.82, 2.24) is 0 Å². The molecule has 0 bridgehead atoms. The molecule has 110 valence electrons. The van der Waals surface area contributed by atoms with E-state index >= 15 is 0 Å². The molecule has 3 heteroatoms. The van der Waals surface area contributed by atoms with Gasteiger partial charge in [-0.3, -0.25) is 4.79 Å². The predicted molar refractivity (Wildman–Crippen MR) is 84.0 cm³/mol. The van der Waals surface area contributed by atoms with Gasteiger partial charge in [0, 0.05) is 12.3 Å². The van der Waals surface area contributed by atoms with Crippen LogP contribution in [0.25, 0.3) is 0 Å². The van der Waals surface area contributed by atoms with Gasteiger partial charge in [0.2, 0.25) is 0 Å². The van der Waals surface area contributed by atoms with E-state index in [-0.39, 0.29) is 16.7 Å². The zero-order valence-corrected chi connectivity index (χ0v) is 12.7. The Morgan fingerprint density at radius 1 is 1.14 bits per heavy atom. The van der Waals surface area contributed by atoms with E-state index in [0.717, 1.165) is 12.0 Å². The molecule has 21 heavy (non-hydrogen) atoms. The molecule has 0 aliphatic rings. The normalized spacial score (nSPS) is 12.1. The third-order valence-corrected chi connectivity index (χ3v) is 3.90. The van der Waals surface area contributed by atoms with Gasteiger partial charge >= 0.3 is 0 Å². The van der Waals surface area contributed by atoms with Crippen LogP contribution in [0.5, 0.6) is 0 Å². The molecule has 2 rings (SSSR count). The van der Waals surface area contributed by atoms with Gasteiger partial charge < -0.3 is 0 Å². The Labute approximate surface area is 129 Å². The van der Waals surface area contributed by atoms with Gasteiger partial charge in [0.25, 0.3) is 0 Å². The molecule has 0 amide bonds. The molecular weight excluding hydrogens is 287 g/mol. The average molecular weight is 305 g/mol. The van der Waals surface area contributed by atoms with Crippen LogP contribution in [-0.4, -0.2) is 5.78 Å². The van der Waals surface area contributed by atoms with Gasteiger partial charge in [-0.15, -0.1) is 0 Å². The van der Waals surface area contributed by atoms with E-state index in [2.05, 4.69) is 0 Å². The zero-order chi connectivity index (χ0) is 15.2. The first kappa shape index (κ1) is 15.7. The zero-order valence-electron chi connectivity index (χ0n) is 12.0. The molecule has 0 fully saturated rings. The van der Waals surface area contributed by atoms with Crippen LogP contribution in [0.15, 0.2) is 48.5 Å². The van der Waals surface area contributed by atoms with Crippen LogP contribution in [0.3, 0.4) is 0 Å². The average Bonchev–Trinajstić information content (AvgIpc) is 2.49. The molecule has 0 aromatic heterocycles. The molecule has 0 aliphatic carbocycles. The van der Waals surface area contributed by atoms with Crippen molar-refractivity contribution in [3.05, 3.63) is 70.5 Å². The number of aryl methyl sites for hydroxylation is 1. The second-order valence-corrected chi connectivity index (χ2v) is 5.68. The van der Waals surface area contributed by atoms with E-state index in [9.17, 15) is 9.18 Å². The summed E-state index contributed by atoms with van der Waals surface area (Å²) < 4.78 is 13.8. The standard InChI is InChI=1S/C18H18ClFO/c1-13(12-14-6-3-2-4-7-14)17(21)11-10-15-8-5-9-16(19)18(15)20/h2-9,13H,10-12H2,1H3/t13-/m0/s1. The van der Waals surface area contributed by atoms with E-state index in [1.165, 1.54) is 6.07 Å². The van der Waals surface area contributed by atoms with Crippen LogP contribution >= 0.6 is 11.6 Å². The van der Waals surface area contributed by atoms with E-state index < -0.39 is 5.82 Å². The molecule has 0 N–H and O–H groups in total. The quantitative estimate of drug-likeness (QED) is 0.745. The van der Waals surface area contributed by atoms with Crippen molar-refractivity contribution in [2.24, 2.45) is 5.92 Å². The summed E-state index contributed by atoms with van der Waals surface area (Å²) in [5, 5.41) is 0.109. The number of carbonyl (C=O) groups is 1. The fraction of sp³-hybridized carbons (Fsp3) is 0.278. The lowest BCUT2D eigenvalue weighted by Crippen LogP contribution is -2.14. The summed E-state index contributed by atoms with van der Waals surface area (Å²) in [4.78, 5) is 12.2. The number of carbonyl (C=O) groups excluding carboxylic acids is 1. The summed E-state index contributed by atoms with van der Waals surface area (Å²) in [5.74, 6) is -0.324. The van der Waals surface area contributed by atoms with Crippen molar-refractivity contribution in [3.63, 3.8) is 0 Å². The monoisotopic (exact) mass is 304 g/mol.